The second kappa shape index (κ2) is 3.24. The zero-order valence-corrected chi connectivity index (χ0v) is 8.94. The molecular weight excluding hydrogens is 194 g/mol. The molecule has 2 N–H and O–H groups in total. The van der Waals surface area contributed by atoms with Crippen molar-refractivity contribution in [2.45, 2.75) is 31.1 Å². The topological polar surface area (TPSA) is 32.3 Å². The molecule has 0 bridgehead atoms. The van der Waals surface area contributed by atoms with Crippen molar-refractivity contribution in [3.05, 3.63) is 15.8 Å². The van der Waals surface area contributed by atoms with Crippen LogP contribution in [0.15, 0.2) is 6.07 Å². The number of hydrogen-bond acceptors (Lipinski definition) is 3. The van der Waals surface area contributed by atoms with Crippen LogP contribution in [0.25, 0.3) is 0 Å². The molecule has 1 saturated heterocycles. The highest BCUT2D eigenvalue weighted by Gasteiger charge is 2.29. The molecule has 0 aromatic carbocycles. The van der Waals surface area contributed by atoms with E-state index in [0.717, 1.165) is 19.0 Å². The van der Waals surface area contributed by atoms with E-state index in [0.29, 0.717) is 11.7 Å². The first-order chi connectivity index (χ1) is 6.84. The van der Waals surface area contributed by atoms with Gasteiger partial charge < -0.3 is 10.4 Å². The van der Waals surface area contributed by atoms with E-state index < -0.39 is 0 Å². The molecule has 2 heterocycles. The minimum Gasteiger partial charge on any atom is -0.507 e. The molecule has 1 saturated carbocycles. The van der Waals surface area contributed by atoms with Gasteiger partial charge in [-0.2, -0.15) is 0 Å². The molecule has 2 fully saturated rings. The van der Waals surface area contributed by atoms with Crippen LogP contribution in [0.3, 0.4) is 0 Å². The molecule has 0 spiro atoms. The molecular formula is C11H15NOS. The summed E-state index contributed by atoms with van der Waals surface area (Å²) in [5.74, 6) is 1.88. The van der Waals surface area contributed by atoms with Crippen LogP contribution < -0.4 is 5.32 Å². The molecule has 0 radical (unpaired) electrons. The summed E-state index contributed by atoms with van der Waals surface area (Å²) in [5.41, 5.74) is 0. The highest BCUT2D eigenvalue weighted by atomic mass is 32.1. The fraction of sp³-hybridized carbons (Fsp3) is 0.636. The van der Waals surface area contributed by atoms with Gasteiger partial charge >= 0.3 is 0 Å². The molecule has 14 heavy (non-hydrogen) atoms. The molecule has 1 aliphatic carbocycles. The minimum atomic E-state index is 0.547. The van der Waals surface area contributed by atoms with E-state index in [-0.39, 0.29) is 0 Å². The summed E-state index contributed by atoms with van der Waals surface area (Å²) in [5, 5.41) is 13.2. The van der Waals surface area contributed by atoms with Crippen LogP contribution in [0.1, 0.15) is 40.9 Å². The van der Waals surface area contributed by atoms with Crippen molar-refractivity contribution in [1.29, 1.82) is 0 Å². The highest BCUT2D eigenvalue weighted by Crippen LogP contribution is 2.48. The van der Waals surface area contributed by atoms with E-state index in [4.69, 9.17) is 0 Å². The number of rotatable bonds is 2. The third-order valence-corrected chi connectivity index (χ3v) is 4.62. The third-order valence-electron chi connectivity index (χ3n) is 3.17. The van der Waals surface area contributed by atoms with Gasteiger partial charge in [0.1, 0.15) is 5.75 Å². The summed E-state index contributed by atoms with van der Waals surface area (Å²) in [6.45, 7) is 2.14. The predicted octanol–water partition coefficient (Wildman–Crippen LogP) is 2.41. The molecule has 76 valence electrons. The van der Waals surface area contributed by atoms with Crippen LogP contribution in [0, 0.1) is 0 Å². The van der Waals surface area contributed by atoms with Gasteiger partial charge in [-0.15, -0.1) is 11.3 Å². The minimum absolute atomic E-state index is 0.547. The summed E-state index contributed by atoms with van der Waals surface area (Å²) < 4.78 is 0. The zero-order valence-electron chi connectivity index (χ0n) is 8.12. The smallest absolute Gasteiger partial charge is 0.130 e. The lowest BCUT2D eigenvalue weighted by Gasteiger charge is -2.04. The first kappa shape index (κ1) is 8.74. The number of thiophene rings is 1. The standard InChI is InChI=1S/C11H15NOS/c13-9-5-10(7-1-2-7)14-11(9)8-3-4-12-6-8/h5,7-8,12-13H,1-4,6H2. The van der Waals surface area contributed by atoms with E-state index in [1.807, 2.05) is 17.4 Å². The Bertz CT molecular complexity index is 337. The Balaban J connectivity index is 1.88. The normalized spacial score (nSPS) is 27.0. The van der Waals surface area contributed by atoms with Gasteiger partial charge in [0.05, 0.1) is 4.88 Å². The molecule has 2 aliphatic rings. The number of nitrogens with one attached hydrogen (secondary N) is 1. The van der Waals surface area contributed by atoms with Crippen molar-refractivity contribution in [1.82, 2.24) is 5.32 Å². The summed E-state index contributed by atoms with van der Waals surface area (Å²) in [6, 6.07) is 2.00. The van der Waals surface area contributed by atoms with Crippen LogP contribution in [-0.4, -0.2) is 18.2 Å². The molecule has 3 heteroatoms. The van der Waals surface area contributed by atoms with Gasteiger partial charge in [0, 0.05) is 17.3 Å². The van der Waals surface area contributed by atoms with Gasteiger partial charge in [-0.25, -0.2) is 0 Å². The summed E-state index contributed by atoms with van der Waals surface area (Å²) in [4.78, 5) is 2.63. The molecule has 1 atom stereocenters. The van der Waals surface area contributed by atoms with Gasteiger partial charge in [0.25, 0.3) is 0 Å². The fourth-order valence-corrected chi connectivity index (χ4v) is 3.51. The van der Waals surface area contributed by atoms with E-state index in [1.165, 1.54) is 29.0 Å². The molecule has 0 amide bonds. The Morgan fingerprint density at radius 1 is 1.29 bits per heavy atom. The average Bonchev–Trinajstić information content (AvgIpc) is 2.75. The fourth-order valence-electron chi connectivity index (χ4n) is 2.15. The Hall–Kier alpha value is -0.540. The van der Waals surface area contributed by atoms with Crippen molar-refractivity contribution >= 4 is 11.3 Å². The largest absolute Gasteiger partial charge is 0.507 e. The Kier molecular flexibility index (Phi) is 2.03. The predicted molar refractivity (Wildman–Crippen MR) is 58.2 cm³/mol. The van der Waals surface area contributed by atoms with E-state index in [9.17, 15) is 5.11 Å². The first-order valence-corrected chi connectivity index (χ1v) is 6.19. The number of aromatic hydroxyl groups is 1. The van der Waals surface area contributed by atoms with Gasteiger partial charge in [0.2, 0.25) is 0 Å². The molecule has 2 nitrogen and oxygen atoms in total. The second-order valence-corrected chi connectivity index (χ2v) is 5.48. The summed E-state index contributed by atoms with van der Waals surface area (Å²) in [6.07, 6.45) is 3.82. The van der Waals surface area contributed by atoms with Crippen LogP contribution in [0.4, 0.5) is 0 Å². The highest BCUT2D eigenvalue weighted by molar-refractivity contribution is 7.12. The Morgan fingerprint density at radius 2 is 2.14 bits per heavy atom. The van der Waals surface area contributed by atoms with E-state index in [2.05, 4.69) is 5.32 Å². The van der Waals surface area contributed by atoms with Gasteiger partial charge in [0.15, 0.2) is 0 Å². The maximum Gasteiger partial charge on any atom is 0.130 e. The molecule has 1 aromatic rings. The van der Waals surface area contributed by atoms with E-state index in [1.54, 1.807) is 0 Å². The van der Waals surface area contributed by atoms with Crippen molar-refractivity contribution < 1.29 is 5.11 Å². The monoisotopic (exact) mass is 209 g/mol. The Morgan fingerprint density at radius 3 is 2.79 bits per heavy atom. The average molecular weight is 209 g/mol. The zero-order chi connectivity index (χ0) is 9.54. The quantitative estimate of drug-likeness (QED) is 0.784. The molecule has 3 rings (SSSR count). The van der Waals surface area contributed by atoms with Crippen molar-refractivity contribution in [2.75, 3.05) is 13.1 Å². The van der Waals surface area contributed by atoms with Crippen LogP contribution >= 0.6 is 11.3 Å². The third kappa shape index (κ3) is 1.44. The van der Waals surface area contributed by atoms with Crippen molar-refractivity contribution in [2.24, 2.45) is 0 Å². The van der Waals surface area contributed by atoms with Gasteiger partial charge in [-0.1, -0.05) is 0 Å². The van der Waals surface area contributed by atoms with Crippen molar-refractivity contribution in [3.63, 3.8) is 0 Å². The lowest BCUT2D eigenvalue weighted by atomic mass is 10.1. The van der Waals surface area contributed by atoms with Crippen molar-refractivity contribution in [3.8, 4) is 5.75 Å². The maximum absolute atomic E-state index is 9.85. The first-order valence-electron chi connectivity index (χ1n) is 5.38. The van der Waals surface area contributed by atoms with Crippen LogP contribution in [0.2, 0.25) is 0 Å². The lowest BCUT2D eigenvalue weighted by Crippen LogP contribution is -2.07. The molecule has 1 aliphatic heterocycles. The number of hydrogen-bond donors (Lipinski definition) is 2. The lowest BCUT2D eigenvalue weighted by molar-refractivity contribution is 0.467. The van der Waals surface area contributed by atoms with E-state index >= 15 is 0 Å². The van der Waals surface area contributed by atoms with Crippen LogP contribution in [0.5, 0.6) is 5.75 Å². The molecule has 1 unspecified atom stereocenters. The van der Waals surface area contributed by atoms with Gasteiger partial charge in [-0.3, -0.25) is 0 Å². The Labute approximate surface area is 88.0 Å². The molecule has 1 aromatic heterocycles. The maximum atomic E-state index is 9.85. The summed E-state index contributed by atoms with van der Waals surface area (Å²) >= 11 is 1.84. The second-order valence-electron chi connectivity index (χ2n) is 4.36. The SMILES string of the molecule is Oc1cc(C2CC2)sc1C1CCNC1. The summed E-state index contributed by atoms with van der Waals surface area (Å²) in [7, 11) is 0. The van der Waals surface area contributed by atoms with Crippen LogP contribution in [-0.2, 0) is 0 Å². The van der Waals surface area contributed by atoms with Gasteiger partial charge in [-0.05, 0) is 37.8 Å².